The minimum atomic E-state index is -0.641. The normalized spacial score (nSPS) is 11.8. The Labute approximate surface area is 105 Å². The molecule has 18 heavy (non-hydrogen) atoms. The van der Waals surface area contributed by atoms with Gasteiger partial charge in [-0.25, -0.2) is 4.98 Å². The molecule has 0 saturated carbocycles. The standard InChI is InChI=1S/C12H16N4O2/c1-12(2,18-4)11-14-9(5-10(17)15-11)8-6-13-16(3)7-8/h5-7H,1-4H3,(H,14,15,17). The maximum atomic E-state index is 11.7. The Morgan fingerprint density at radius 3 is 2.72 bits per heavy atom. The van der Waals surface area contributed by atoms with Crippen molar-refractivity contribution in [3.8, 4) is 11.3 Å². The van der Waals surface area contributed by atoms with E-state index >= 15 is 0 Å². The summed E-state index contributed by atoms with van der Waals surface area (Å²) < 4.78 is 6.99. The largest absolute Gasteiger partial charge is 0.371 e. The molecule has 2 aromatic heterocycles. The van der Waals surface area contributed by atoms with Crippen LogP contribution in [0.15, 0.2) is 23.3 Å². The van der Waals surface area contributed by atoms with E-state index < -0.39 is 5.60 Å². The van der Waals surface area contributed by atoms with E-state index in [1.807, 2.05) is 27.1 Å². The lowest BCUT2D eigenvalue weighted by molar-refractivity contribution is 0.0113. The second kappa shape index (κ2) is 4.38. The first kappa shape index (κ1) is 12.5. The van der Waals surface area contributed by atoms with Gasteiger partial charge in [0.05, 0.1) is 11.9 Å². The lowest BCUT2D eigenvalue weighted by Gasteiger charge is -2.21. The van der Waals surface area contributed by atoms with Crippen LogP contribution in [0.4, 0.5) is 0 Å². The molecule has 0 amide bonds. The third kappa shape index (κ3) is 2.33. The van der Waals surface area contributed by atoms with E-state index in [9.17, 15) is 4.79 Å². The predicted octanol–water partition coefficient (Wildman–Crippen LogP) is 1.05. The van der Waals surface area contributed by atoms with Crippen LogP contribution in [0.2, 0.25) is 0 Å². The smallest absolute Gasteiger partial charge is 0.251 e. The summed E-state index contributed by atoms with van der Waals surface area (Å²) in [6, 6.07) is 1.45. The summed E-state index contributed by atoms with van der Waals surface area (Å²) in [5.74, 6) is 0.497. The zero-order chi connectivity index (χ0) is 13.3. The first-order valence-electron chi connectivity index (χ1n) is 5.58. The van der Waals surface area contributed by atoms with Crippen LogP contribution in [0.3, 0.4) is 0 Å². The molecule has 0 aliphatic heterocycles. The summed E-state index contributed by atoms with van der Waals surface area (Å²) in [5.41, 5.74) is 0.546. The predicted molar refractivity (Wildman–Crippen MR) is 67.1 cm³/mol. The molecule has 0 radical (unpaired) electrons. The van der Waals surface area contributed by atoms with Crippen molar-refractivity contribution in [2.45, 2.75) is 19.4 Å². The van der Waals surface area contributed by atoms with Crippen molar-refractivity contribution >= 4 is 0 Å². The maximum Gasteiger partial charge on any atom is 0.251 e. The summed E-state index contributed by atoms with van der Waals surface area (Å²) in [5, 5.41) is 4.07. The molecule has 0 saturated heterocycles. The van der Waals surface area contributed by atoms with Crippen LogP contribution in [0.1, 0.15) is 19.7 Å². The van der Waals surface area contributed by atoms with E-state index in [4.69, 9.17) is 4.74 Å². The van der Waals surface area contributed by atoms with Gasteiger partial charge in [-0.05, 0) is 13.8 Å². The molecule has 2 heterocycles. The van der Waals surface area contributed by atoms with Crippen molar-refractivity contribution in [1.29, 1.82) is 0 Å². The number of aromatic nitrogens is 4. The average Bonchev–Trinajstić information content (AvgIpc) is 2.75. The number of H-pyrrole nitrogens is 1. The molecule has 1 N–H and O–H groups in total. The minimum absolute atomic E-state index is 0.205. The van der Waals surface area contributed by atoms with Gasteiger partial charge in [0, 0.05) is 32.0 Å². The monoisotopic (exact) mass is 248 g/mol. The fourth-order valence-corrected chi connectivity index (χ4v) is 1.54. The van der Waals surface area contributed by atoms with E-state index in [0.29, 0.717) is 11.5 Å². The summed E-state index contributed by atoms with van der Waals surface area (Å²) in [6.45, 7) is 3.69. The Bertz CT molecular complexity index is 613. The average molecular weight is 248 g/mol. The zero-order valence-electron chi connectivity index (χ0n) is 10.9. The van der Waals surface area contributed by atoms with Gasteiger partial charge in [0.15, 0.2) is 0 Å². The molecule has 96 valence electrons. The van der Waals surface area contributed by atoms with E-state index in [1.54, 1.807) is 18.0 Å². The number of hydrogen-bond donors (Lipinski definition) is 1. The molecule has 6 nitrogen and oxygen atoms in total. The molecule has 6 heteroatoms. The van der Waals surface area contributed by atoms with E-state index in [1.165, 1.54) is 6.07 Å². The Morgan fingerprint density at radius 1 is 1.44 bits per heavy atom. The van der Waals surface area contributed by atoms with Crippen LogP contribution in [-0.4, -0.2) is 26.9 Å². The lowest BCUT2D eigenvalue weighted by atomic mass is 10.1. The van der Waals surface area contributed by atoms with Crippen molar-refractivity contribution in [3.63, 3.8) is 0 Å². The van der Waals surface area contributed by atoms with Gasteiger partial charge in [0.2, 0.25) is 0 Å². The van der Waals surface area contributed by atoms with Crippen LogP contribution in [0.25, 0.3) is 11.3 Å². The third-order valence-electron chi connectivity index (χ3n) is 2.82. The number of aromatic amines is 1. The molecule has 0 atom stereocenters. The molecule has 0 spiro atoms. The second-order valence-electron chi connectivity index (χ2n) is 4.60. The van der Waals surface area contributed by atoms with Gasteiger partial charge in [-0.2, -0.15) is 5.10 Å². The highest BCUT2D eigenvalue weighted by atomic mass is 16.5. The van der Waals surface area contributed by atoms with Gasteiger partial charge in [0.25, 0.3) is 5.56 Å². The topological polar surface area (TPSA) is 72.8 Å². The van der Waals surface area contributed by atoms with Gasteiger partial charge in [0.1, 0.15) is 11.4 Å². The number of ether oxygens (including phenoxy) is 1. The van der Waals surface area contributed by atoms with Crippen molar-refractivity contribution < 1.29 is 4.74 Å². The first-order valence-corrected chi connectivity index (χ1v) is 5.58. The highest BCUT2D eigenvalue weighted by molar-refractivity contribution is 5.56. The fourth-order valence-electron chi connectivity index (χ4n) is 1.54. The molecule has 2 aromatic rings. The summed E-state index contributed by atoms with van der Waals surface area (Å²) in [7, 11) is 3.40. The van der Waals surface area contributed by atoms with Gasteiger partial charge < -0.3 is 9.72 Å². The minimum Gasteiger partial charge on any atom is -0.371 e. The fraction of sp³-hybridized carbons (Fsp3) is 0.417. The van der Waals surface area contributed by atoms with Crippen LogP contribution < -0.4 is 5.56 Å². The van der Waals surface area contributed by atoms with Crippen molar-refractivity contribution in [2.24, 2.45) is 7.05 Å². The van der Waals surface area contributed by atoms with Crippen molar-refractivity contribution in [3.05, 3.63) is 34.6 Å². The van der Waals surface area contributed by atoms with E-state index in [0.717, 1.165) is 5.56 Å². The molecule has 0 aromatic carbocycles. The highest BCUT2D eigenvalue weighted by Crippen LogP contribution is 2.21. The van der Waals surface area contributed by atoms with E-state index in [-0.39, 0.29) is 5.56 Å². The van der Waals surface area contributed by atoms with Gasteiger partial charge >= 0.3 is 0 Å². The maximum absolute atomic E-state index is 11.7. The van der Waals surface area contributed by atoms with Crippen molar-refractivity contribution in [1.82, 2.24) is 19.7 Å². The van der Waals surface area contributed by atoms with Gasteiger partial charge in [-0.1, -0.05) is 0 Å². The number of nitrogens with zero attached hydrogens (tertiary/aromatic N) is 3. The Kier molecular flexibility index (Phi) is 3.04. The number of aryl methyl sites for hydroxylation is 1. The van der Waals surface area contributed by atoms with Crippen LogP contribution in [-0.2, 0) is 17.4 Å². The molecule has 0 bridgehead atoms. The van der Waals surface area contributed by atoms with Crippen LogP contribution in [0, 0.1) is 0 Å². The van der Waals surface area contributed by atoms with Crippen LogP contribution >= 0.6 is 0 Å². The quantitative estimate of drug-likeness (QED) is 0.881. The Balaban J connectivity index is 2.54. The lowest BCUT2D eigenvalue weighted by Crippen LogP contribution is -2.26. The zero-order valence-corrected chi connectivity index (χ0v) is 10.9. The highest BCUT2D eigenvalue weighted by Gasteiger charge is 2.23. The molecule has 0 unspecified atom stereocenters. The molecule has 0 aliphatic rings. The van der Waals surface area contributed by atoms with Gasteiger partial charge in [-0.3, -0.25) is 9.48 Å². The molecule has 0 fully saturated rings. The van der Waals surface area contributed by atoms with Crippen LogP contribution in [0.5, 0.6) is 0 Å². The SMILES string of the molecule is COC(C)(C)c1nc(-c2cnn(C)c2)cc(=O)[nH]1. The first-order chi connectivity index (χ1) is 8.42. The number of rotatable bonds is 3. The molecular weight excluding hydrogens is 232 g/mol. The summed E-state index contributed by atoms with van der Waals surface area (Å²) >= 11 is 0. The Morgan fingerprint density at radius 2 is 2.17 bits per heavy atom. The summed E-state index contributed by atoms with van der Waals surface area (Å²) in [4.78, 5) is 18.8. The number of nitrogens with one attached hydrogen (secondary N) is 1. The van der Waals surface area contributed by atoms with Crippen molar-refractivity contribution in [2.75, 3.05) is 7.11 Å². The third-order valence-corrected chi connectivity index (χ3v) is 2.82. The molecular formula is C12H16N4O2. The molecule has 0 aliphatic carbocycles. The van der Waals surface area contributed by atoms with Gasteiger partial charge in [-0.15, -0.1) is 0 Å². The summed E-state index contributed by atoms with van der Waals surface area (Å²) in [6.07, 6.45) is 3.48. The Hall–Kier alpha value is -1.95. The second-order valence-corrected chi connectivity index (χ2v) is 4.60. The molecule has 2 rings (SSSR count). The number of hydrogen-bond acceptors (Lipinski definition) is 4. The van der Waals surface area contributed by atoms with E-state index in [2.05, 4.69) is 15.1 Å². The number of methoxy groups -OCH3 is 1.